The van der Waals surface area contributed by atoms with Crippen LogP contribution in [0.25, 0.3) is 0 Å². The lowest BCUT2D eigenvalue weighted by Crippen LogP contribution is -2.58. The van der Waals surface area contributed by atoms with Gasteiger partial charge in [-0.2, -0.15) is 0 Å². The maximum absolute atomic E-state index is 6.10. The predicted molar refractivity (Wildman–Crippen MR) is 68.3 cm³/mol. The van der Waals surface area contributed by atoms with Gasteiger partial charge in [-0.25, -0.2) is 0 Å². The van der Waals surface area contributed by atoms with Gasteiger partial charge in [-0.3, -0.25) is 0 Å². The van der Waals surface area contributed by atoms with Gasteiger partial charge in [0.25, 0.3) is 0 Å². The molecule has 0 aromatic carbocycles. The normalized spacial score (nSPS) is 48.0. The fraction of sp³-hybridized carbons (Fsp3) is 1.00. The van der Waals surface area contributed by atoms with E-state index in [1.807, 2.05) is 0 Å². The lowest BCUT2D eigenvalue weighted by atomic mass is 9.86. The Kier molecular flexibility index (Phi) is 4.38. The molecule has 2 aliphatic carbocycles. The molecular weight excluding hydrogens is 216 g/mol. The summed E-state index contributed by atoms with van der Waals surface area (Å²) in [5.74, 6) is 0. The molecule has 17 heavy (non-hydrogen) atoms. The summed E-state index contributed by atoms with van der Waals surface area (Å²) in [6.07, 6.45) is 6.27. The van der Waals surface area contributed by atoms with Crippen molar-refractivity contribution in [2.75, 3.05) is 0 Å². The Bertz CT molecular complexity index is 227. The fourth-order valence-electron chi connectivity index (χ4n) is 2.97. The smallest absolute Gasteiger partial charge is 0.0745 e. The molecule has 5 heteroatoms. The van der Waals surface area contributed by atoms with E-state index in [4.69, 9.17) is 27.7 Å². The molecule has 0 aromatic heterocycles. The molecule has 0 bridgehead atoms. The minimum Gasteiger partial charge on any atom is -0.372 e. The highest BCUT2D eigenvalue weighted by atomic mass is 16.5. The summed E-state index contributed by atoms with van der Waals surface area (Å²) in [5.41, 5.74) is 24.1. The number of rotatable bonds is 2. The molecule has 8 N–H and O–H groups in total. The van der Waals surface area contributed by atoms with Crippen LogP contribution in [-0.2, 0) is 4.74 Å². The standard InChI is InChI=1S/C12H26N4O/c13-7-3-1-5-9(11(7)15)17-10-6-2-4-8(14)12(10)16/h7-12H,1-6,13-16H2. The minimum atomic E-state index is -0.0610. The Hall–Kier alpha value is -0.200. The summed E-state index contributed by atoms with van der Waals surface area (Å²) in [7, 11) is 0. The van der Waals surface area contributed by atoms with Crippen molar-refractivity contribution in [3.63, 3.8) is 0 Å². The third kappa shape index (κ3) is 2.98. The van der Waals surface area contributed by atoms with Crippen molar-refractivity contribution < 1.29 is 4.74 Å². The van der Waals surface area contributed by atoms with Crippen LogP contribution in [0.15, 0.2) is 0 Å². The Labute approximate surface area is 103 Å². The zero-order chi connectivity index (χ0) is 12.4. The quantitative estimate of drug-likeness (QED) is 0.517. The number of hydrogen-bond acceptors (Lipinski definition) is 5. The molecule has 0 aromatic rings. The van der Waals surface area contributed by atoms with Gasteiger partial charge in [0.2, 0.25) is 0 Å². The first-order chi connectivity index (χ1) is 8.09. The molecule has 0 saturated heterocycles. The largest absolute Gasteiger partial charge is 0.372 e. The highest BCUT2D eigenvalue weighted by molar-refractivity contribution is 4.93. The zero-order valence-corrected chi connectivity index (χ0v) is 10.4. The van der Waals surface area contributed by atoms with Crippen LogP contribution in [0, 0.1) is 0 Å². The Balaban J connectivity index is 1.90. The van der Waals surface area contributed by atoms with E-state index >= 15 is 0 Å². The molecule has 0 heterocycles. The molecule has 6 atom stereocenters. The van der Waals surface area contributed by atoms with Gasteiger partial charge in [-0.15, -0.1) is 0 Å². The first-order valence-corrected chi connectivity index (χ1v) is 6.77. The van der Waals surface area contributed by atoms with Crippen LogP contribution in [0.5, 0.6) is 0 Å². The van der Waals surface area contributed by atoms with Crippen molar-refractivity contribution >= 4 is 0 Å². The molecule has 0 spiro atoms. The van der Waals surface area contributed by atoms with Crippen molar-refractivity contribution in [2.24, 2.45) is 22.9 Å². The summed E-state index contributed by atoms with van der Waals surface area (Å²) in [6.45, 7) is 0. The number of ether oxygens (including phenoxy) is 1. The molecule has 2 fully saturated rings. The van der Waals surface area contributed by atoms with E-state index < -0.39 is 0 Å². The minimum absolute atomic E-state index is 0.0556. The Morgan fingerprint density at radius 1 is 0.647 bits per heavy atom. The molecule has 2 rings (SSSR count). The van der Waals surface area contributed by atoms with Crippen molar-refractivity contribution in [3.05, 3.63) is 0 Å². The van der Waals surface area contributed by atoms with Gasteiger partial charge in [0.05, 0.1) is 12.2 Å². The summed E-state index contributed by atoms with van der Waals surface area (Å²) in [4.78, 5) is 0. The second-order valence-corrected chi connectivity index (χ2v) is 5.56. The van der Waals surface area contributed by atoms with E-state index in [1.54, 1.807) is 0 Å². The van der Waals surface area contributed by atoms with E-state index in [1.165, 1.54) is 0 Å². The molecule has 5 nitrogen and oxygen atoms in total. The third-order valence-corrected chi connectivity index (χ3v) is 4.25. The van der Waals surface area contributed by atoms with Gasteiger partial charge in [-0.05, 0) is 38.5 Å². The zero-order valence-electron chi connectivity index (χ0n) is 10.4. The second-order valence-electron chi connectivity index (χ2n) is 5.56. The van der Waals surface area contributed by atoms with Gasteiger partial charge in [0, 0.05) is 24.2 Å². The molecule has 2 aliphatic rings. The molecular formula is C12H26N4O. The summed E-state index contributed by atoms with van der Waals surface area (Å²) < 4.78 is 6.09. The lowest BCUT2D eigenvalue weighted by Gasteiger charge is -2.40. The average Bonchev–Trinajstić information content (AvgIpc) is 2.31. The van der Waals surface area contributed by atoms with Gasteiger partial charge >= 0.3 is 0 Å². The van der Waals surface area contributed by atoms with E-state index in [9.17, 15) is 0 Å². The lowest BCUT2D eigenvalue weighted by molar-refractivity contribution is -0.0682. The summed E-state index contributed by atoms with van der Waals surface area (Å²) in [6, 6.07) is -0.00678. The van der Waals surface area contributed by atoms with E-state index in [0.29, 0.717) is 0 Å². The SMILES string of the molecule is NC1CCCC(OC2CCCC(N)C2N)C1N. The second kappa shape index (κ2) is 5.63. The van der Waals surface area contributed by atoms with Crippen LogP contribution < -0.4 is 22.9 Å². The number of hydrogen-bond donors (Lipinski definition) is 4. The first kappa shape index (κ1) is 13.2. The molecule has 100 valence electrons. The summed E-state index contributed by atoms with van der Waals surface area (Å²) >= 11 is 0. The molecule has 0 radical (unpaired) electrons. The number of nitrogens with two attached hydrogens (primary N) is 4. The van der Waals surface area contributed by atoms with Crippen LogP contribution in [0.2, 0.25) is 0 Å². The van der Waals surface area contributed by atoms with Gasteiger partial charge in [-0.1, -0.05) is 0 Å². The Morgan fingerprint density at radius 3 is 1.47 bits per heavy atom. The van der Waals surface area contributed by atoms with Crippen LogP contribution >= 0.6 is 0 Å². The average molecular weight is 242 g/mol. The van der Waals surface area contributed by atoms with Crippen LogP contribution in [0.4, 0.5) is 0 Å². The molecule has 2 saturated carbocycles. The predicted octanol–water partition coefficient (Wildman–Crippen LogP) is -0.583. The highest BCUT2D eigenvalue weighted by Crippen LogP contribution is 2.25. The highest BCUT2D eigenvalue weighted by Gasteiger charge is 2.35. The van der Waals surface area contributed by atoms with Crippen LogP contribution in [0.1, 0.15) is 38.5 Å². The van der Waals surface area contributed by atoms with Crippen molar-refractivity contribution in [1.82, 2.24) is 0 Å². The Morgan fingerprint density at radius 2 is 1.06 bits per heavy atom. The van der Waals surface area contributed by atoms with Crippen molar-refractivity contribution in [1.29, 1.82) is 0 Å². The van der Waals surface area contributed by atoms with E-state index in [2.05, 4.69) is 0 Å². The molecule has 0 aliphatic heterocycles. The third-order valence-electron chi connectivity index (χ3n) is 4.25. The van der Waals surface area contributed by atoms with Gasteiger partial charge < -0.3 is 27.7 Å². The van der Waals surface area contributed by atoms with Gasteiger partial charge in [0.15, 0.2) is 0 Å². The maximum atomic E-state index is 6.10. The van der Waals surface area contributed by atoms with E-state index in [0.717, 1.165) is 38.5 Å². The van der Waals surface area contributed by atoms with Crippen molar-refractivity contribution in [3.8, 4) is 0 Å². The fourth-order valence-corrected chi connectivity index (χ4v) is 2.97. The molecule has 6 unspecified atom stereocenters. The van der Waals surface area contributed by atoms with E-state index in [-0.39, 0.29) is 36.4 Å². The summed E-state index contributed by atoms with van der Waals surface area (Å²) in [5, 5.41) is 0. The van der Waals surface area contributed by atoms with Crippen LogP contribution in [0.3, 0.4) is 0 Å². The van der Waals surface area contributed by atoms with Crippen molar-refractivity contribution in [2.45, 2.75) is 74.9 Å². The maximum Gasteiger partial charge on any atom is 0.0745 e. The van der Waals surface area contributed by atoms with Gasteiger partial charge in [0.1, 0.15) is 0 Å². The molecule has 0 amide bonds. The monoisotopic (exact) mass is 242 g/mol. The van der Waals surface area contributed by atoms with Crippen LogP contribution in [-0.4, -0.2) is 36.4 Å². The first-order valence-electron chi connectivity index (χ1n) is 6.77. The topological polar surface area (TPSA) is 113 Å².